The normalized spacial score (nSPS) is 36.6. The van der Waals surface area contributed by atoms with Crippen LogP contribution in [0.4, 0.5) is 0 Å². The number of allylic oxidation sites excluding steroid dienone is 4. The third kappa shape index (κ3) is 2.35. The zero-order valence-electron chi connectivity index (χ0n) is 10.3. The van der Waals surface area contributed by atoms with Gasteiger partial charge in [0.2, 0.25) is 0 Å². The molecular weight excluding hydrogens is 180 g/mol. The van der Waals surface area contributed by atoms with Gasteiger partial charge in [0.15, 0.2) is 0 Å². The first-order chi connectivity index (χ1) is 7.09. The molecule has 1 radical (unpaired) electrons. The lowest BCUT2D eigenvalue weighted by Gasteiger charge is -2.28. The van der Waals surface area contributed by atoms with E-state index in [4.69, 9.17) is 0 Å². The van der Waals surface area contributed by atoms with Crippen molar-refractivity contribution in [3.63, 3.8) is 0 Å². The third-order valence-electron chi connectivity index (χ3n) is 4.13. The molecule has 0 bridgehead atoms. The fourth-order valence-electron chi connectivity index (χ4n) is 3.01. The Morgan fingerprint density at radius 3 is 2.80 bits per heavy atom. The van der Waals surface area contributed by atoms with E-state index in [2.05, 4.69) is 45.4 Å². The Labute approximate surface area is 94.5 Å². The van der Waals surface area contributed by atoms with Crippen molar-refractivity contribution in [2.75, 3.05) is 0 Å². The van der Waals surface area contributed by atoms with Crippen LogP contribution in [0.3, 0.4) is 0 Å². The van der Waals surface area contributed by atoms with Crippen molar-refractivity contribution >= 4 is 0 Å². The highest BCUT2D eigenvalue weighted by Crippen LogP contribution is 2.43. The van der Waals surface area contributed by atoms with Crippen LogP contribution < -0.4 is 0 Å². The van der Waals surface area contributed by atoms with E-state index in [-0.39, 0.29) is 0 Å². The first kappa shape index (κ1) is 11.0. The van der Waals surface area contributed by atoms with Crippen LogP contribution in [0.1, 0.15) is 46.5 Å². The second-order valence-electron chi connectivity index (χ2n) is 5.76. The molecular formula is C15H23. The highest BCUT2D eigenvalue weighted by molar-refractivity contribution is 5.19. The van der Waals surface area contributed by atoms with Crippen LogP contribution in [0.2, 0.25) is 0 Å². The molecule has 2 aliphatic carbocycles. The van der Waals surface area contributed by atoms with Gasteiger partial charge in [0.05, 0.1) is 0 Å². The molecule has 15 heavy (non-hydrogen) atoms. The zero-order chi connectivity index (χ0) is 10.9. The largest absolute Gasteiger partial charge is 0.0848 e. The van der Waals surface area contributed by atoms with Gasteiger partial charge in [-0.15, -0.1) is 0 Å². The van der Waals surface area contributed by atoms with E-state index in [0.29, 0.717) is 5.41 Å². The Morgan fingerprint density at radius 2 is 2.27 bits per heavy atom. The van der Waals surface area contributed by atoms with Gasteiger partial charge in [-0.2, -0.15) is 0 Å². The van der Waals surface area contributed by atoms with Crippen molar-refractivity contribution in [3.8, 4) is 0 Å². The van der Waals surface area contributed by atoms with Crippen molar-refractivity contribution in [1.29, 1.82) is 0 Å². The first-order valence-electron chi connectivity index (χ1n) is 6.31. The number of hydrogen-bond donors (Lipinski definition) is 0. The maximum Gasteiger partial charge on any atom is -0.0137 e. The van der Waals surface area contributed by atoms with Gasteiger partial charge in [-0.25, -0.2) is 0 Å². The lowest BCUT2D eigenvalue weighted by atomic mass is 9.76. The van der Waals surface area contributed by atoms with E-state index in [1.54, 1.807) is 5.57 Å². The molecule has 0 aliphatic heterocycles. The minimum atomic E-state index is 0.398. The van der Waals surface area contributed by atoms with Crippen LogP contribution in [0.15, 0.2) is 23.8 Å². The van der Waals surface area contributed by atoms with E-state index < -0.39 is 0 Å². The lowest BCUT2D eigenvalue weighted by molar-refractivity contribution is 0.259. The number of rotatable bonds is 2. The van der Waals surface area contributed by atoms with Crippen LogP contribution in [0, 0.1) is 23.7 Å². The Balaban J connectivity index is 1.96. The van der Waals surface area contributed by atoms with Gasteiger partial charge < -0.3 is 0 Å². The predicted octanol–water partition coefficient (Wildman–Crippen LogP) is 4.54. The maximum absolute atomic E-state index is 2.49. The monoisotopic (exact) mass is 203 g/mol. The minimum absolute atomic E-state index is 0.398. The molecule has 2 aliphatic rings. The summed E-state index contributed by atoms with van der Waals surface area (Å²) in [7, 11) is 0. The summed E-state index contributed by atoms with van der Waals surface area (Å²) < 4.78 is 0. The van der Waals surface area contributed by atoms with Crippen LogP contribution in [0.5, 0.6) is 0 Å². The Morgan fingerprint density at radius 1 is 1.47 bits per heavy atom. The van der Waals surface area contributed by atoms with E-state index >= 15 is 0 Å². The topological polar surface area (TPSA) is 0 Å². The molecule has 0 nitrogen and oxygen atoms in total. The standard InChI is InChI=1S/C15H23/c1-12-10-11-15(2,3)14(12)9-8-13-6-4-5-7-13/h6,8,10-12,14H,4-5,7,9H2,1-3H3/b13-8+. The van der Waals surface area contributed by atoms with E-state index in [0.717, 1.165) is 11.8 Å². The highest BCUT2D eigenvalue weighted by Gasteiger charge is 2.34. The molecule has 0 aromatic rings. The minimum Gasteiger partial charge on any atom is -0.0848 e. The molecule has 2 atom stereocenters. The smallest absolute Gasteiger partial charge is 0.0137 e. The molecule has 0 amide bonds. The molecule has 83 valence electrons. The predicted molar refractivity (Wildman–Crippen MR) is 66.4 cm³/mol. The second kappa shape index (κ2) is 4.15. The quantitative estimate of drug-likeness (QED) is 0.578. The molecule has 0 saturated heterocycles. The summed E-state index contributed by atoms with van der Waals surface area (Å²) in [6.07, 6.45) is 14.9. The van der Waals surface area contributed by atoms with E-state index in [9.17, 15) is 0 Å². The van der Waals surface area contributed by atoms with Crippen molar-refractivity contribution < 1.29 is 0 Å². The Bertz CT molecular complexity index is 272. The highest BCUT2D eigenvalue weighted by atomic mass is 14.4. The van der Waals surface area contributed by atoms with Gasteiger partial charge in [-0.3, -0.25) is 0 Å². The molecule has 2 rings (SSSR count). The summed E-state index contributed by atoms with van der Waals surface area (Å²) >= 11 is 0. The average Bonchev–Trinajstić information content (AvgIpc) is 2.74. The maximum atomic E-state index is 2.49. The molecule has 0 heteroatoms. The van der Waals surface area contributed by atoms with Gasteiger partial charge >= 0.3 is 0 Å². The summed E-state index contributed by atoms with van der Waals surface area (Å²) in [5, 5.41) is 0. The van der Waals surface area contributed by atoms with Crippen molar-refractivity contribution in [2.45, 2.75) is 46.5 Å². The Hall–Kier alpha value is -0.520. The summed E-state index contributed by atoms with van der Waals surface area (Å²) in [6.45, 7) is 7.09. The molecule has 0 heterocycles. The van der Waals surface area contributed by atoms with Crippen molar-refractivity contribution in [1.82, 2.24) is 0 Å². The molecule has 1 saturated carbocycles. The first-order valence-corrected chi connectivity index (χ1v) is 6.31. The van der Waals surface area contributed by atoms with Gasteiger partial charge in [0.25, 0.3) is 0 Å². The summed E-state index contributed by atoms with van der Waals surface area (Å²) in [5.41, 5.74) is 2.00. The third-order valence-corrected chi connectivity index (χ3v) is 4.13. The summed E-state index contributed by atoms with van der Waals surface area (Å²) in [4.78, 5) is 0. The molecule has 0 spiro atoms. The summed E-state index contributed by atoms with van der Waals surface area (Å²) in [6, 6.07) is 0. The van der Waals surface area contributed by atoms with Crippen molar-refractivity contribution in [3.05, 3.63) is 30.2 Å². The second-order valence-corrected chi connectivity index (χ2v) is 5.76. The Kier molecular flexibility index (Phi) is 3.04. The molecule has 1 fully saturated rings. The SMILES string of the molecule is CC1C=CC(C)(C)C1C/C=C1\[CH]CCC1. The van der Waals surface area contributed by atoms with Gasteiger partial charge in [0.1, 0.15) is 0 Å². The molecule has 2 unspecified atom stereocenters. The van der Waals surface area contributed by atoms with Crippen molar-refractivity contribution in [2.24, 2.45) is 17.3 Å². The average molecular weight is 203 g/mol. The van der Waals surface area contributed by atoms with Crippen LogP contribution in [-0.2, 0) is 0 Å². The van der Waals surface area contributed by atoms with Gasteiger partial charge in [0, 0.05) is 0 Å². The molecule has 0 aromatic heterocycles. The fraction of sp³-hybridized carbons (Fsp3) is 0.667. The van der Waals surface area contributed by atoms with Crippen LogP contribution >= 0.6 is 0 Å². The molecule has 0 aromatic carbocycles. The number of hydrogen-bond acceptors (Lipinski definition) is 0. The van der Waals surface area contributed by atoms with E-state index in [1.807, 2.05) is 0 Å². The van der Waals surface area contributed by atoms with Gasteiger partial charge in [-0.1, -0.05) is 44.6 Å². The summed E-state index contributed by atoms with van der Waals surface area (Å²) in [5.74, 6) is 1.55. The van der Waals surface area contributed by atoms with Crippen LogP contribution in [0.25, 0.3) is 0 Å². The van der Waals surface area contributed by atoms with Crippen LogP contribution in [-0.4, -0.2) is 0 Å². The molecule has 0 N–H and O–H groups in total. The van der Waals surface area contributed by atoms with E-state index in [1.165, 1.54) is 25.7 Å². The van der Waals surface area contributed by atoms with Gasteiger partial charge in [-0.05, 0) is 49.4 Å². The zero-order valence-corrected chi connectivity index (χ0v) is 10.3. The lowest BCUT2D eigenvalue weighted by Crippen LogP contribution is -2.21. The fourth-order valence-corrected chi connectivity index (χ4v) is 3.01.